The Morgan fingerprint density at radius 3 is 2.71 bits per heavy atom. The molecular formula is C11H20O2S4. The Labute approximate surface area is 122 Å². The molecule has 0 aromatic carbocycles. The van der Waals surface area contributed by atoms with Crippen LogP contribution in [0.3, 0.4) is 0 Å². The van der Waals surface area contributed by atoms with Crippen LogP contribution in [-0.2, 0) is 8.92 Å². The Morgan fingerprint density at radius 1 is 1.47 bits per heavy atom. The minimum Gasteiger partial charge on any atom is -0.479 e. The van der Waals surface area contributed by atoms with Crippen LogP contribution in [-0.4, -0.2) is 32.9 Å². The van der Waals surface area contributed by atoms with Crippen molar-refractivity contribution in [1.29, 1.82) is 0 Å². The fourth-order valence-electron chi connectivity index (χ4n) is 1.07. The summed E-state index contributed by atoms with van der Waals surface area (Å²) in [7, 11) is -0.259. The van der Waals surface area contributed by atoms with Crippen molar-refractivity contribution in [2.24, 2.45) is 0 Å². The number of hydrogen-bond donors (Lipinski definition) is 0. The zero-order valence-electron chi connectivity index (χ0n) is 10.6. The van der Waals surface area contributed by atoms with Crippen LogP contribution < -0.4 is 0 Å². The van der Waals surface area contributed by atoms with E-state index in [-0.39, 0.29) is 10.8 Å². The Morgan fingerprint density at radius 2 is 2.18 bits per heavy atom. The highest BCUT2D eigenvalue weighted by molar-refractivity contribution is 8.23. The van der Waals surface area contributed by atoms with Crippen LogP contribution >= 0.6 is 47.0 Å². The molecule has 0 fully saturated rings. The van der Waals surface area contributed by atoms with E-state index in [1.165, 1.54) is 0 Å². The van der Waals surface area contributed by atoms with E-state index in [4.69, 9.17) is 33.4 Å². The molecule has 0 saturated carbocycles. The predicted octanol–water partition coefficient (Wildman–Crippen LogP) is 4.26. The first-order chi connectivity index (χ1) is 8.13. The van der Waals surface area contributed by atoms with Gasteiger partial charge in [-0.1, -0.05) is 25.6 Å². The lowest BCUT2D eigenvalue weighted by molar-refractivity contribution is 0.345. The molecule has 0 saturated heterocycles. The van der Waals surface area contributed by atoms with Gasteiger partial charge in [-0.15, -0.1) is 0 Å². The second-order valence-corrected chi connectivity index (χ2v) is 7.50. The molecule has 0 N–H and O–H groups in total. The average Bonchev–Trinajstić information content (AvgIpc) is 2.29. The van der Waals surface area contributed by atoms with Crippen molar-refractivity contribution in [2.75, 3.05) is 19.0 Å². The lowest BCUT2D eigenvalue weighted by Crippen LogP contribution is -2.05. The normalized spacial score (nSPS) is 13.8. The zero-order chi connectivity index (χ0) is 13.1. The summed E-state index contributed by atoms with van der Waals surface area (Å²) in [6.07, 6.45) is 2.08. The fraction of sp³-hybridized carbons (Fsp3) is 0.818. The van der Waals surface area contributed by atoms with Crippen molar-refractivity contribution in [3.8, 4) is 0 Å². The molecule has 100 valence electrons. The third kappa shape index (κ3) is 10.2. The van der Waals surface area contributed by atoms with Crippen LogP contribution in [0, 0.1) is 0 Å². The van der Waals surface area contributed by atoms with Gasteiger partial charge < -0.3 is 8.92 Å². The molecule has 6 heteroatoms. The SMILES string of the molecule is CCOC(=S)SC(C)CCCOS(=C=S)CC. The van der Waals surface area contributed by atoms with Gasteiger partial charge in [0.2, 0.25) is 4.38 Å². The van der Waals surface area contributed by atoms with Gasteiger partial charge in [-0.3, -0.25) is 0 Å². The standard InChI is InChI=1S/C11H20O2S4/c1-4-12-11(15)16-10(3)7-6-8-13-17(5-2)9-14/h10H,4-8H2,1-3H3. The first kappa shape index (κ1) is 17.6. The molecule has 2 unspecified atom stereocenters. The van der Waals surface area contributed by atoms with Gasteiger partial charge >= 0.3 is 0 Å². The van der Waals surface area contributed by atoms with E-state index in [1.807, 2.05) is 6.92 Å². The summed E-state index contributed by atoms with van der Waals surface area (Å²) in [6, 6.07) is 0. The molecular weight excluding hydrogens is 292 g/mol. The second-order valence-electron chi connectivity index (χ2n) is 3.29. The minimum atomic E-state index is -0.259. The molecule has 0 aliphatic rings. The van der Waals surface area contributed by atoms with E-state index in [0.717, 1.165) is 25.2 Å². The number of hydrogen-bond acceptors (Lipinski definition) is 5. The topological polar surface area (TPSA) is 18.5 Å². The lowest BCUT2D eigenvalue weighted by Gasteiger charge is -2.11. The van der Waals surface area contributed by atoms with E-state index in [1.54, 1.807) is 11.8 Å². The third-order valence-corrected chi connectivity index (χ3v) is 4.97. The Balaban J connectivity index is 3.61. The molecule has 0 aromatic rings. The van der Waals surface area contributed by atoms with Gasteiger partial charge in [-0.2, -0.15) is 0 Å². The summed E-state index contributed by atoms with van der Waals surface area (Å²) in [5.74, 6) is 0.919. The third-order valence-electron chi connectivity index (χ3n) is 1.90. The molecule has 0 aliphatic carbocycles. The van der Waals surface area contributed by atoms with Crippen LogP contribution in [0.15, 0.2) is 0 Å². The fourth-order valence-corrected chi connectivity index (χ4v) is 3.63. The number of thioether (sulfide) groups is 1. The molecule has 0 spiro atoms. The van der Waals surface area contributed by atoms with Gasteiger partial charge in [0, 0.05) is 15.3 Å². The summed E-state index contributed by atoms with van der Waals surface area (Å²) >= 11 is 11.4. The second kappa shape index (κ2) is 11.6. The first-order valence-corrected chi connectivity index (χ1v) is 8.70. The summed E-state index contributed by atoms with van der Waals surface area (Å²) in [6.45, 7) is 7.54. The predicted molar refractivity (Wildman–Crippen MR) is 87.2 cm³/mol. The van der Waals surface area contributed by atoms with Gasteiger partial charge in [-0.25, -0.2) is 0 Å². The van der Waals surface area contributed by atoms with Crippen molar-refractivity contribution < 1.29 is 8.92 Å². The lowest BCUT2D eigenvalue weighted by atomic mass is 10.3. The van der Waals surface area contributed by atoms with Gasteiger partial charge in [0.25, 0.3) is 0 Å². The van der Waals surface area contributed by atoms with Gasteiger partial charge in [0.05, 0.1) is 13.2 Å². The Hall–Kier alpha value is 0.550. The zero-order valence-corrected chi connectivity index (χ0v) is 13.8. The Kier molecular flexibility index (Phi) is 12.0. The molecule has 0 bridgehead atoms. The highest BCUT2D eigenvalue weighted by Crippen LogP contribution is 2.19. The highest BCUT2D eigenvalue weighted by Gasteiger charge is 2.07. The molecule has 2 nitrogen and oxygen atoms in total. The van der Waals surface area contributed by atoms with Crippen LogP contribution in [0.4, 0.5) is 0 Å². The van der Waals surface area contributed by atoms with Crippen molar-refractivity contribution >= 4 is 55.7 Å². The summed E-state index contributed by atoms with van der Waals surface area (Å²) in [4.78, 5) is 0. The van der Waals surface area contributed by atoms with Crippen LogP contribution in [0.5, 0.6) is 0 Å². The van der Waals surface area contributed by atoms with Crippen molar-refractivity contribution in [1.82, 2.24) is 0 Å². The number of thiocarbonyl (C=S) groups is 2. The maximum absolute atomic E-state index is 5.58. The summed E-state index contributed by atoms with van der Waals surface area (Å²) < 4.78 is 14.2. The summed E-state index contributed by atoms with van der Waals surface area (Å²) in [5, 5.41) is 0.470. The molecule has 0 radical (unpaired) electrons. The highest BCUT2D eigenvalue weighted by atomic mass is 32.2. The number of rotatable bonds is 8. The monoisotopic (exact) mass is 312 g/mol. The largest absolute Gasteiger partial charge is 0.479 e. The van der Waals surface area contributed by atoms with E-state index in [2.05, 4.69) is 18.2 Å². The minimum absolute atomic E-state index is 0.259. The van der Waals surface area contributed by atoms with Gasteiger partial charge in [0.1, 0.15) is 0 Å². The molecule has 17 heavy (non-hydrogen) atoms. The van der Waals surface area contributed by atoms with E-state index in [9.17, 15) is 0 Å². The summed E-state index contributed by atoms with van der Waals surface area (Å²) in [5.41, 5.74) is 0. The van der Waals surface area contributed by atoms with Crippen LogP contribution in [0.1, 0.15) is 33.6 Å². The molecule has 0 amide bonds. The van der Waals surface area contributed by atoms with Gasteiger partial charge in [-0.05, 0) is 55.0 Å². The van der Waals surface area contributed by atoms with E-state index in [0.29, 0.717) is 16.2 Å². The van der Waals surface area contributed by atoms with Crippen molar-refractivity contribution in [3.05, 3.63) is 0 Å². The van der Waals surface area contributed by atoms with Crippen LogP contribution in [0.2, 0.25) is 0 Å². The van der Waals surface area contributed by atoms with Crippen molar-refractivity contribution in [3.63, 3.8) is 0 Å². The van der Waals surface area contributed by atoms with Crippen LogP contribution in [0.25, 0.3) is 0 Å². The number of ether oxygens (including phenoxy) is 1. The maximum atomic E-state index is 5.58. The molecule has 0 aromatic heterocycles. The quantitative estimate of drug-likeness (QED) is 0.491. The first-order valence-electron chi connectivity index (χ1n) is 5.69. The van der Waals surface area contributed by atoms with E-state index >= 15 is 0 Å². The van der Waals surface area contributed by atoms with Crippen molar-refractivity contribution in [2.45, 2.75) is 38.9 Å². The maximum Gasteiger partial charge on any atom is 0.220 e. The molecule has 2 atom stereocenters. The van der Waals surface area contributed by atoms with Gasteiger partial charge in [0.15, 0.2) is 0 Å². The molecule has 0 heterocycles. The average molecular weight is 313 g/mol. The Bertz CT molecular complexity index is 275. The smallest absolute Gasteiger partial charge is 0.220 e. The molecule has 0 rings (SSSR count). The molecule has 0 aliphatic heterocycles. The van der Waals surface area contributed by atoms with E-state index < -0.39 is 0 Å².